The summed E-state index contributed by atoms with van der Waals surface area (Å²) >= 11 is 0. The first-order valence-corrected chi connectivity index (χ1v) is 12.0. The maximum atomic E-state index is 14.0. The normalized spacial score (nSPS) is 16.6. The predicted molar refractivity (Wildman–Crippen MR) is 132 cm³/mol. The summed E-state index contributed by atoms with van der Waals surface area (Å²) in [6.07, 6.45) is 3.32. The van der Waals surface area contributed by atoms with Gasteiger partial charge < -0.3 is 15.1 Å². The zero-order valence-corrected chi connectivity index (χ0v) is 19.7. The van der Waals surface area contributed by atoms with Gasteiger partial charge in [0.15, 0.2) is 0 Å². The minimum Gasteiger partial charge on any atom is -0.368 e. The van der Waals surface area contributed by atoms with Gasteiger partial charge in [-0.15, -0.1) is 0 Å². The Labute approximate surface area is 204 Å². The average Bonchev–Trinajstić information content (AvgIpc) is 2.85. The first-order valence-electron chi connectivity index (χ1n) is 12.0. The highest BCUT2D eigenvalue weighted by atomic mass is 19.1. The van der Waals surface area contributed by atoms with Gasteiger partial charge in [-0.25, -0.2) is 4.39 Å². The number of benzene rings is 2. The van der Waals surface area contributed by atoms with Crippen molar-refractivity contribution >= 4 is 23.2 Å². The van der Waals surface area contributed by atoms with Crippen LogP contribution in [0.5, 0.6) is 0 Å². The number of nitrogens with one attached hydrogen (secondary N) is 1. The van der Waals surface area contributed by atoms with Gasteiger partial charge in [-0.1, -0.05) is 24.3 Å². The van der Waals surface area contributed by atoms with Crippen LogP contribution in [0.2, 0.25) is 0 Å². The Morgan fingerprint density at radius 2 is 1.71 bits per heavy atom. The van der Waals surface area contributed by atoms with Crippen LogP contribution in [0.3, 0.4) is 0 Å². The van der Waals surface area contributed by atoms with E-state index < -0.39 is 5.82 Å². The molecule has 35 heavy (non-hydrogen) atoms. The van der Waals surface area contributed by atoms with Gasteiger partial charge in [-0.2, -0.15) is 10.2 Å². The maximum Gasteiger partial charge on any atom is 0.256 e. The average molecular weight is 474 g/mol. The first-order chi connectivity index (χ1) is 17.0. The summed E-state index contributed by atoms with van der Waals surface area (Å²) in [6.45, 7) is 4.45. The maximum absolute atomic E-state index is 14.0. The van der Waals surface area contributed by atoms with E-state index in [1.807, 2.05) is 37.3 Å². The van der Waals surface area contributed by atoms with Gasteiger partial charge in [0.05, 0.1) is 29.1 Å². The highest BCUT2D eigenvalue weighted by Crippen LogP contribution is 2.30. The van der Waals surface area contributed by atoms with Gasteiger partial charge in [-0.3, -0.25) is 9.59 Å². The van der Waals surface area contributed by atoms with E-state index in [4.69, 9.17) is 0 Å². The van der Waals surface area contributed by atoms with Crippen LogP contribution in [-0.2, 0) is 4.79 Å². The van der Waals surface area contributed by atoms with Crippen molar-refractivity contribution in [3.05, 3.63) is 83.4 Å². The Hall–Kier alpha value is -3.81. The standard InChI is InChI=1S/C27H28FN5O2/c1-18-25(10-13-29-31-18)33-16-21(17-33)26(34)30-22-8-6-19(7-9-22)20-11-14-32(15-12-20)27(35)23-4-2-3-5-24(23)28/h2-10,13,20-21H,11-12,14-17H2,1H3,(H,30,34). The number of likely N-dealkylation sites (tertiary alicyclic amines) is 1. The summed E-state index contributed by atoms with van der Waals surface area (Å²) in [5.41, 5.74) is 4.00. The van der Waals surface area contributed by atoms with Crippen LogP contribution >= 0.6 is 0 Å². The molecule has 7 nitrogen and oxygen atoms in total. The van der Waals surface area contributed by atoms with Crippen LogP contribution in [0, 0.1) is 18.7 Å². The molecule has 0 aliphatic carbocycles. The molecule has 0 spiro atoms. The fourth-order valence-electron chi connectivity index (χ4n) is 4.87. The molecule has 3 aromatic rings. The van der Waals surface area contributed by atoms with Gasteiger partial charge in [0.2, 0.25) is 5.91 Å². The fraction of sp³-hybridized carbons (Fsp3) is 0.333. The van der Waals surface area contributed by atoms with E-state index >= 15 is 0 Å². The smallest absolute Gasteiger partial charge is 0.256 e. The largest absolute Gasteiger partial charge is 0.368 e. The Kier molecular flexibility index (Phi) is 6.44. The van der Waals surface area contributed by atoms with Crippen molar-refractivity contribution in [1.29, 1.82) is 0 Å². The molecule has 0 radical (unpaired) electrons. The molecule has 1 aromatic heterocycles. The summed E-state index contributed by atoms with van der Waals surface area (Å²) in [5, 5.41) is 11.0. The number of halogens is 1. The second-order valence-electron chi connectivity index (χ2n) is 9.26. The number of hydrogen-bond acceptors (Lipinski definition) is 5. The lowest BCUT2D eigenvalue weighted by atomic mass is 9.89. The first kappa shape index (κ1) is 23.0. The monoisotopic (exact) mass is 473 g/mol. The number of carbonyl (C=O) groups is 2. The van der Waals surface area contributed by atoms with Crippen LogP contribution in [0.4, 0.5) is 15.8 Å². The highest BCUT2D eigenvalue weighted by Gasteiger charge is 2.34. The number of nitrogens with zero attached hydrogens (tertiary/aromatic N) is 4. The van der Waals surface area contributed by atoms with E-state index in [0.29, 0.717) is 32.1 Å². The zero-order chi connectivity index (χ0) is 24.4. The molecule has 0 bridgehead atoms. The van der Waals surface area contributed by atoms with E-state index in [1.54, 1.807) is 23.2 Å². The SMILES string of the molecule is Cc1nnccc1N1CC(C(=O)Nc2ccc(C3CCN(C(=O)c4ccccc4F)CC3)cc2)C1. The van der Waals surface area contributed by atoms with Gasteiger partial charge in [0.1, 0.15) is 5.82 Å². The van der Waals surface area contributed by atoms with Crippen LogP contribution < -0.4 is 10.2 Å². The molecule has 3 heterocycles. The topological polar surface area (TPSA) is 78.4 Å². The number of rotatable bonds is 5. The fourth-order valence-corrected chi connectivity index (χ4v) is 4.87. The third kappa shape index (κ3) is 4.87. The summed E-state index contributed by atoms with van der Waals surface area (Å²) < 4.78 is 14.0. The van der Waals surface area contributed by atoms with Crippen molar-refractivity contribution in [2.24, 2.45) is 5.92 Å². The van der Waals surface area contributed by atoms with Crippen LogP contribution in [-0.4, -0.2) is 53.1 Å². The second-order valence-corrected chi connectivity index (χ2v) is 9.26. The molecule has 2 fully saturated rings. The van der Waals surface area contributed by atoms with Crippen molar-refractivity contribution in [2.45, 2.75) is 25.7 Å². The number of anilines is 2. The van der Waals surface area contributed by atoms with Gasteiger partial charge in [-0.05, 0) is 61.6 Å². The lowest BCUT2D eigenvalue weighted by Gasteiger charge is -2.40. The van der Waals surface area contributed by atoms with E-state index in [-0.39, 0.29) is 23.3 Å². The summed E-state index contributed by atoms with van der Waals surface area (Å²) in [6, 6.07) is 16.0. The molecular formula is C27H28FN5O2. The Bertz CT molecular complexity index is 1220. The Morgan fingerprint density at radius 3 is 2.40 bits per heavy atom. The quantitative estimate of drug-likeness (QED) is 0.606. The predicted octanol–water partition coefficient (Wildman–Crippen LogP) is 4.02. The molecule has 0 atom stereocenters. The van der Waals surface area contributed by atoms with Crippen LogP contribution in [0.25, 0.3) is 0 Å². The molecule has 0 unspecified atom stereocenters. The molecule has 8 heteroatoms. The van der Waals surface area contributed by atoms with Crippen molar-refractivity contribution in [2.75, 3.05) is 36.4 Å². The van der Waals surface area contributed by atoms with Gasteiger partial charge >= 0.3 is 0 Å². The molecule has 1 N–H and O–H groups in total. The van der Waals surface area contributed by atoms with E-state index in [1.165, 1.54) is 17.7 Å². The van der Waals surface area contributed by atoms with E-state index in [0.717, 1.165) is 29.9 Å². The molecule has 2 saturated heterocycles. The number of aromatic nitrogens is 2. The molecular weight excluding hydrogens is 445 g/mol. The summed E-state index contributed by atoms with van der Waals surface area (Å²) in [5.74, 6) is -0.421. The number of aryl methyl sites for hydroxylation is 1. The molecule has 5 rings (SSSR count). The third-order valence-corrected chi connectivity index (χ3v) is 7.01. The van der Waals surface area contributed by atoms with Crippen molar-refractivity contribution in [3.63, 3.8) is 0 Å². The second kappa shape index (κ2) is 9.82. The Balaban J connectivity index is 1.11. The van der Waals surface area contributed by atoms with Crippen molar-refractivity contribution in [1.82, 2.24) is 15.1 Å². The molecule has 2 aromatic carbocycles. The lowest BCUT2D eigenvalue weighted by Crippen LogP contribution is -2.52. The number of hydrogen-bond donors (Lipinski definition) is 1. The molecule has 2 amide bonds. The van der Waals surface area contributed by atoms with Crippen LogP contribution in [0.15, 0.2) is 60.8 Å². The van der Waals surface area contributed by atoms with E-state index in [9.17, 15) is 14.0 Å². The van der Waals surface area contributed by atoms with E-state index in [2.05, 4.69) is 20.4 Å². The minimum atomic E-state index is -0.476. The molecule has 0 saturated carbocycles. The summed E-state index contributed by atoms with van der Waals surface area (Å²) in [4.78, 5) is 29.2. The molecule has 180 valence electrons. The zero-order valence-electron chi connectivity index (χ0n) is 19.7. The van der Waals surface area contributed by atoms with Gasteiger partial charge in [0.25, 0.3) is 5.91 Å². The van der Waals surface area contributed by atoms with Crippen LogP contribution in [0.1, 0.15) is 40.4 Å². The third-order valence-electron chi connectivity index (χ3n) is 7.01. The lowest BCUT2D eigenvalue weighted by molar-refractivity contribution is -0.120. The number of amides is 2. The van der Waals surface area contributed by atoms with Gasteiger partial charge in [0, 0.05) is 31.9 Å². The number of piperidine rings is 1. The molecule has 2 aliphatic heterocycles. The number of carbonyl (C=O) groups excluding carboxylic acids is 2. The Morgan fingerprint density at radius 1 is 1.00 bits per heavy atom. The highest BCUT2D eigenvalue weighted by molar-refractivity contribution is 5.95. The molecule has 2 aliphatic rings. The minimum absolute atomic E-state index is 0.0219. The van der Waals surface area contributed by atoms with Crippen molar-refractivity contribution in [3.8, 4) is 0 Å². The van der Waals surface area contributed by atoms with Crippen molar-refractivity contribution < 1.29 is 14.0 Å². The summed E-state index contributed by atoms with van der Waals surface area (Å²) in [7, 11) is 0.